The Morgan fingerprint density at radius 2 is 1.98 bits per heavy atom. The molecule has 2 aromatic carbocycles. The van der Waals surface area contributed by atoms with Crippen molar-refractivity contribution < 1.29 is 41.7 Å². The molecule has 3 heterocycles. The average molecular weight is 648 g/mol. The van der Waals surface area contributed by atoms with Crippen LogP contribution in [0.1, 0.15) is 47.4 Å². The first-order valence-electron chi connectivity index (χ1n) is 13.7. The Hall–Kier alpha value is -4.43. The zero-order chi connectivity index (χ0) is 32.5. The summed E-state index contributed by atoms with van der Waals surface area (Å²) in [6.45, 7) is -0.385. The number of nitrogens with one attached hydrogen (secondary N) is 1. The molecular weight excluding hydrogens is 622 g/mol. The van der Waals surface area contributed by atoms with Crippen molar-refractivity contribution >= 4 is 34.3 Å². The second-order valence-corrected chi connectivity index (χ2v) is 11.7. The number of halogens is 5. The van der Waals surface area contributed by atoms with Gasteiger partial charge < -0.3 is 25.6 Å². The van der Waals surface area contributed by atoms with Crippen LogP contribution in [0.3, 0.4) is 0 Å². The van der Waals surface area contributed by atoms with Crippen LogP contribution in [0.2, 0.25) is 5.02 Å². The second-order valence-electron chi connectivity index (χ2n) is 11.3. The third-order valence-electron chi connectivity index (χ3n) is 8.19. The predicted octanol–water partition coefficient (Wildman–Crippen LogP) is 4.55. The van der Waals surface area contributed by atoms with Gasteiger partial charge in [0.1, 0.15) is 40.5 Å². The van der Waals surface area contributed by atoms with Crippen molar-refractivity contribution in [3.8, 4) is 22.8 Å². The summed E-state index contributed by atoms with van der Waals surface area (Å²) in [6, 6.07) is 7.02. The van der Waals surface area contributed by atoms with E-state index in [0.717, 1.165) is 31.0 Å². The highest BCUT2D eigenvalue weighted by molar-refractivity contribution is 6.33. The van der Waals surface area contributed by atoms with Gasteiger partial charge >= 0.3 is 6.18 Å². The first-order valence-corrected chi connectivity index (χ1v) is 14.1. The van der Waals surface area contributed by atoms with E-state index < -0.39 is 47.1 Å². The molecule has 236 valence electrons. The van der Waals surface area contributed by atoms with Crippen molar-refractivity contribution in [3.05, 3.63) is 70.3 Å². The number of alkyl halides is 3. The summed E-state index contributed by atoms with van der Waals surface area (Å²) in [7, 11) is 1.38. The normalized spacial score (nSPS) is 19.1. The van der Waals surface area contributed by atoms with Crippen molar-refractivity contribution in [2.75, 3.05) is 20.3 Å². The quantitative estimate of drug-likeness (QED) is 0.238. The number of primary amides is 1. The summed E-state index contributed by atoms with van der Waals surface area (Å²) in [6.07, 6.45) is -1.77. The molecule has 2 amide bonds. The lowest BCUT2D eigenvalue weighted by Crippen LogP contribution is -2.51. The van der Waals surface area contributed by atoms with Gasteiger partial charge in [0.15, 0.2) is 0 Å². The van der Waals surface area contributed by atoms with Crippen molar-refractivity contribution in [2.45, 2.75) is 43.0 Å². The van der Waals surface area contributed by atoms with Gasteiger partial charge in [-0.15, -0.1) is 0 Å². The number of hydrogen-bond acceptors (Lipinski definition) is 7. The molecule has 1 aliphatic carbocycles. The van der Waals surface area contributed by atoms with E-state index >= 15 is 0 Å². The van der Waals surface area contributed by atoms with Gasteiger partial charge in [-0.1, -0.05) is 11.6 Å². The molecule has 1 fully saturated rings. The van der Waals surface area contributed by atoms with Gasteiger partial charge in [-0.05, 0) is 56.2 Å². The molecular formula is C30H26ClF4N5O5. The Kier molecular flexibility index (Phi) is 7.20. The molecule has 0 radical (unpaired) electrons. The minimum absolute atomic E-state index is 0.0388. The lowest BCUT2D eigenvalue weighted by molar-refractivity contribution is -0.265. The molecule has 1 saturated carbocycles. The molecule has 4 N–H and O–H groups in total. The number of amides is 2. The number of aromatic nitrogens is 3. The first kappa shape index (κ1) is 30.6. The van der Waals surface area contributed by atoms with E-state index in [1.165, 1.54) is 32.2 Å². The molecule has 45 heavy (non-hydrogen) atoms. The number of nitrogens with two attached hydrogens (primary N) is 1. The van der Waals surface area contributed by atoms with E-state index in [0.29, 0.717) is 10.9 Å². The van der Waals surface area contributed by atoms with E-state index in [1.807, 2.05) is 0 Å². The zero-order valence-corrected chi connectivity index (χ0v) is 24.6. The number of hydrogen-bond donors (Lipinski definition) is 3. The fourth-order valence-corrected chi connectivity index (χ4v) is 5.45. The summed E-state index contributed by atoms with van der Waals surface area (Å²) in [5, 5.41) is 18.4. The van der Waals surface area contributed by atoms with E-state index in [2.05, 4.69) is 15.4 Å². The smallest absolute Gasteiger partial charge is 0.424 e. The van der Waals surface area contributed by atoms with Crippen LogP contribution >= 0.6 is 11.6 Å². The molecule has 2 atom stereocenters. The van der Waals surface area contributed by atoms with Crippen molar-refractivity contribution in [3.63, 3.8) is 0 Å². The highest BCUT2D eigenvalue weighted by Gasteiger charge is 2.57. The van der Waals surface area contributed by atoms with Crippen LogP contribution < -0.4 is 20.5 Å². The monoisotopic (exact) mass is 647 g/mol. The lowest BCUT2D eigenvalue weighted by atomic mass is 9.81. The van der Waals surface area contributed by atoms with E-state index in [9.17, 15) is 32.3 Å². The fraction of sp³-hybridized carbons (Fsp3) is 0.333. The van der Waals surface area contributed by atoms with Gasteiger partial charge in [0.25, 0.3) is 5.91 Å². The number of carbonyl (C=O) groups excluding carboxylic acids is 2. The van der Waals surface area contributed by atoms with Crippen molar-refractivity contribution in [2.24, 2.45) is 5.73 Å². The summed E-state index contributed by atoms with van der Waals surface area (Å²) >= 11 is 6.27. The number of fused-ring (bicyclic) bond motifs is 2. The highest BCUT2D eigenvalue weighted by atomic mass is 35.5. The van der Waals surface area contributed by atoms with Gasteiger partial charge in [0.2, 0.25) is 11.5 Å². The Bertz CT molecular complexity index is 1880. The van der Waals surface area contributed by atoms with Crippen molar-refractivity contribution in [1.29, 1.82) is 0 Å². The lowest BCUT2D eigenvalue weighted by Gasteiger charge is -2.31. The summed E-state index contributed by atoms with van der Waals surface area (Å²) in [5.74, 6) is -2.55. The summed E-state index contributed by atoms with van der Waals surface area (Å²) in [4.78, 5) is 29.7. The molecule has 0 saturated heterocycles. The van der Waals surface area contributed by atoms with Crippen LogP contribution in [0.4, 0.5) is 17.6 Å². The largest absolute Gasteiger partial charge is 0.494 e. The number of rotatable bonds is 8. The molecule has 4 aromatic rings. The molecule has 0 unspecified atom stereocenters. The summed E-state index contributed by atoms with van der Waals surface area (Å²) in [5.41, 5.74) is -0.999. The average Bonchev–Trinajstić information content (AvgIpc) is 3.66. The standard InChI is InChI=1S/C30H26ClF4N5O5/c1-28(27(36)42)13-45-25-19(28)10-22(38-24(25)18-9-16(32)3-6-20(18)31)29(43,30(33,34)35)12-37-26(41)14-7-15-11-40(17-4-5-17)39-23(15)21(8-14)44-2/h3,6-11,17,43H,4-5,12-13H2,1-2H3,(H2,36,42)(H,37,41)/t28-,29-/m0/s1. The van der Waals surface area contributed by atoms with Gasteiger partial charge in [0, 0.05) is 28.3 Å². The van der Waals surface area contributed by atoms with Crippen LogP contribution in [0.15, 0.2) is 42.6 Å². The molecule has 2 aliphatic rings. The minimum atomic E-state index is -5.40. The number of carbonyl (C=O) groups is 2. The van der Waals surface area contributed by atoms with Crippen LogP contribution in [-0.2, 0) is 15.8 Å². The van der Waals surface area contributed by atoms with Crippen LogP contribution in [0.5, 0.6) is 11.5 Å². The van der Waals surface area contributed by atoms with Crippen molar-refractivity contribution in [1.82, 2.24) is 20.1 Å². The van der Waals surface area contributed by atoms with Crippen LogP contribution in [-0.4, -0.2) is 58.1 Å². The SMILES string of the molecule is COc1cc(C(=O)NC[C@](O)(c2cc3c(c(-c4cc(F)ccc4Cl)n2)OC[C@]3(C)C(N)=O)C(F)(F)F)cc2cn(C3CC3)nc12. The van der Waals surface area contributed by atoms with Crippen LogP contribution in [0.25, 0.3) is 22.2 Å². The second kappa shape index (κ2) is 10.6. The van der Waals surface area contributed by atoms with E-state index in [4.69, 9.17) is 26.8 Å². The summed E-state index contributed by atoms with van der Waals surface area (Å²) < 4.78 is 71.3. The molecule has 2 aromatic heterocycles. The molecule has 6 rings (SSSR count). The molecule has 0 spiro atoms. The number of benzene rings is 2. The Morgan fingerprint density at radius 1 is 1.24 bits per heavy atom. The number of aliphatic hydroxyl groups is 1. The number of nitrogens with zero attached hydrogens (tertiary/aromatic N) is 3. The topological polar surface area (TPSA) is 142 Å². The third kappa shape index (κ3) is 5.11. The van der Waals surface area contributed by atoms with Gasteiger partial charge in [-0.3, -0.25) is 14.3 Å². The Morgan fingerprint density at radius 3 is 2.62 bits per heavy atom. The fourth-order valence-electron chi connectivity index (χ4n) is 5.24. The maximum Gasteiger partial charge on any atom is 0.424 e. The van der Waals surface area contributed by atoms with Crippen LogP contribution in [0, 0.1) is 5.82 Å². The van der Waals surface area contributed by atoms with Gasteiger partial charge in [-0.2, -0.15) is 18.3 Å². The maximum absolute atomic E-state index is 14.8. The third-order valence-corrected chi connectivity index (χ3v) is 8.52. The number of pyridine rings is 1. The zero-order valence-electron chi connectivity index (χ0n) is 23.8. The molecule has 10 nitrogen and oxygen atoms in total. The molecule has 1 aliphatic heterocycles. The Balaban J connectivity index is 1.42. The Labute approximate surface area is 258 Å². The van der Waals surface area contributed by atoms with Gasteiger partial charge in [0.05, 0.1) is 30.4 Å². The van der Waals surface area contributed by atoms with Gasteiger partial charge in [-0.25, -0.2) is 9.37 Å². The first-order chi connectivity index (χ1) is 21.2. The molecule has 15 heteroatoms. The maximum atomic E-state index is 14.8. The number of methoxy groups -OCH3 is 1. The molecule has 0 bridgehead atoms. The minimum Gasteiger partial charge on any atom is -0.494 e. The van der Waals surface area contributed by atoms with E-state index in [1.54, 1.807) is 10.9 Å². The van der Waals surface area contributed by atoms with E-state index in [-0.39, 0.29) is 51.6 Å². The number of ether oxygens (including phenoxy) is 2. The predicted molar refractivity (Wildman–Crippen MR) is 154 cm³/mol. The highest BCUT2D eigenvalue weighted by Crippen LogP contribution is 2.49.